The molecular weight excluding hydrogens is 613 g/mol. The summed E-state index contributed by atoms with van der Waals surface area (Å²) in [6.07, 6.45) is -4.46. The summed E-state index contributed by atoms with van der Waals surface area (Å²) < 4.78 is 48.9. The summed E-state index contributed by atoms with van der Waals surface area (Å²) in [4.78, 5) is 46.0. The average Bonchev–Trinajstić information content (AvgIpc) is 3.49. The van der Waals surface area contributed by atoms with Gasteiger partial charge in [0.1, 0.15) is 0 Å². The van der Waals surface area contributed by atoms with Crippen molar-refractivity contribution in [1.82, 2.24) is 0 Å². The van der Waals surface area contributed by atoms with E-state index in [1.807, 2.05) is 31.2 Å². The molecule has 0 fully saturated rings. The summed E-state index contributed by atoms with van der Waals surface area (Å²) in [5, 5.41) is 0. The number of anilines is 2. The predicted molar refractivity (Wildman–Crippen MR) is 167 cm³/mol. The van der Waals surface area contributed by atoms with E-state index in [2.05, 4.69) is 9.47 Å². The highest BCUT2D eigenvalue weighted by Gasteiger charge is 2.34. The molecule has 0 atom stereocenters. The number of alkyl halides is 3. The summed E-state index contributed by atoms with van der Waals surface area (Å²) in [6.45, 7) is 1.95. The van der Waals surface area contributed by atoms with Crippen LogP contribution in [0.2, 0.25) is 0 Å². The number of hydrogen-bond acceptors (Lipinski definition) is 8. The second kappa shape index (κ2) is 11.6. The fourth-order valence-corrected chi connectivity index (χ4v) is 5.42. The van der Waals surface area contributed by atoms with Crippen LogP contribution < -0.4 is 11.5 Å². The van der Waals surface area contributed by atoms with E-state index in [1.165, 1.54) is 36.4 Å². The van der Waals surface area contributed by atoms with E-state index in [9.17, 15) is 32.3 Å². The molecule has 0 saturated heterocycles. The Morgan fingerprint density at radius 3 is 1.32 bits per heavy atom. The van der Waals surface area contributed by atoms with E-state index in [0.717, 1.165) is 22.8 Å². The van der Waals surface area contributed by atoms with E-state index in [0.29, 0.717) is 22.4 Å². The minimum Gasteiger partial charge on any atom is -0.399 e. The Balaban J connectivity index is 0.000000165. The molecule has 2 heterocycles. The van der Waals surface area contributed by atoms with Crippen LogP contribution >= 0.6 is 0 Å². The third-order valence-electron chi connectivity index (χ3n) is 7.73. The monoisotopic (exact) mass is 636 g/mol. The van der Waals surface area contributed by atoms with E-state index >= 15 is 0 Å². The molecule has 7 rings (SSSR count). The average molecular weight is 637 g/mol. The van der Waals surface area contributed by atoms with Crippen molar-refractivity contribution in [3.63, 3.8) is 0 Å². The molecule has 0 aliphatic carbocycles. The Kier molecular flexibility index (Phi) is 7.60. The molecule has 4 N–H and O–H groups in total. The van der Waals surface area contributed by atoms with Crippen molar-refractivity contribution in [3.05, 3.63) is 130 Å². The third-order valence-corrected chi connectivity index (χ3v) is 7.73. The molecule has 234 valence electrons. The van der Waals surface area contributed by atoms with Crippen molar-refractivity contribution in [2.75, 3.05) is 11.5 Å². The van der Waals surface area contributed by atoms with Gasteiger partial charge in [0, 0.05) is 11.4 Å². The molecule has 2 aliphatic heterocycles. The standard InChI is InChI=1S/C20H17F3N2.C16H6O6/c1-12-10-15(24)6-8-17(12)13-2-4-14(5-3-13)18-9-7-16(25)11-19(18)20(21,22)23;17-13-9-3-1-7(5-11(9)15(19)21-13)8-2-4-10-12(6-8)16(20)22-14(10)18/h2-11H,24-25H2,1H3;1-6H. The molecule has 0 amide bonds. The van der Waals surface area contributed by atoms with Gasteiger partial charge in [-0.25, -0.2) is 19.2 Å². The van der Waals surface area contributed by atoms with Crippen molar-refractivity contribution in [3.8, 4) is 33.4 Å². The van der Waals surface area contributed by atoms with E-state index in [1.54, 1.807) is 30.3 Å². The number of aryl methyl sites for hydroxylation is 1. The highest BCUT2D eigenvalue weighted by Crippen LogP contribution is 2.39. The van der Waals surface area contributed by atoms with Gasteiger partial charge in [0.25, 0.3) is 0 Å². The van der Waals surface area contributed by atoms with E-state index in [4.69, 9.17) is 11.5 Å². The largest absolute Gasteiger partial charge is 0.417 e. The molecular formula is C36H23F3N2O6. The zero-order chi connectivity index (χ0) is 33.6. The number of carbonyl (C=O) groups excluding carboxylic acids is 4. The summed E-state index contributed by atoms with van der Waals surface area (Å²) in [6, 6.07) is 25.7. The molecule has 0 bridgehead atoms. The summed E-state index contributed by atoms with van der Waals surface area (Å²) >= 11 is 0. The van der Waals surface area contributed by atoms with Crippen LogP contribution in [0.25, 0.3) is 33.4 Å². The summed E-state index contributed by atoms with van der Waals surface area (Å²) in [7, 11) is 0. The molecule has 0 spiro atoms. The number of esters is 4. The topological polar surface area (TPSA) is 139 Å². The van der Waals surface area contributed by atoms with Gasteiger partial charge in [-0.3, -0.25) is 0 Å². The van der Waals surface area contributed by atoms with Gasteiger partial charge in [-0.2, -0.15) is 13.2 Å². The predicted octanol–water partition coefficient (Wildman–Crippen LogP) is 7.49. The van der Waals surface area contributed by atoms with Crippen molar-refractivity contribution in [2.45, 2.75) is 13.1 Å². The molecule has 47 heavy (non-hydrogen) atoms. The quantitative estimate of drug-likeness (QED) is 0.118. The first-order chi connectivity index (χ1) is 22.3. The first-order valence-electron chi connectivity index (χ1n) is 14.1. The second-order valence-corrected chi connectivity index (χ2v) is 10.8. The number of halogens is 3. The van der Waals surface area contributed by atoms with Gasteiger partial charge in [0.2, 0.25) is 0 Å². The number of carbonyl (C=O) groups is 4. The van der Waals surface area contributed by atoms with Crippen molar-refractivity contribution in [2.24, 2.45) is 0 Å². The maximum atomic E-state index is 13.3. The maximum Gasteiger partial charge on any atom is 0.417 e. The molecule has 8 nitrogen and oxygen atoms in total. The number of benzene rings is 5. The molecule has 0 unspecified atom stereocenters. The highest BCUT2D eigenvalue weighted by molar-refractivity contribution is 6.16. The SMILES string of the molecule is Cc1cc(N)ccc1-c1ccc(-c2ccc(N)cc2C(F)(F)F)cc1.O=C1OC(=O)c2cc(-c3ccc4c(c3)C(=O)OC4=O)ccc21. The summed E-state index contributed by atoms with van der Waals surface area (Å²) in [5.41, 5.74) is 16.9. The smallest absolute Gasteiger partial charge is 0.399 e. The first kappa shape index (κ1) is 30.8. The number of nitrogens with two attached hydrogens (primary N) is 2. The van der Waals surface area contributed by atoms with Gasteiger partial charge in [0.05, 0.1) is 27.8 Å². The maximum absolute atomic E-state index is 13.3. The van der Waals surface area contributed by atoms with Gasteiger partial charge in [0.15, 0.2) is 0 Å². The van der Waals surface area contributed by atoms with Crippen LogP contribution in [-0.2, 0) is 15.7 Å². The third kappa shape index (κ3) is 5.94. The van der Waals surface area contributed by atoms with Crippen molar-refractivity contribution < 1.29 is 41.8 Å². The summed E-state index contributed by atoms with van der Waals surface area (Å²) in [5.74, 6) is -2.74. The van der Waals surface area contributed by atoms with Gasteiger partial charge in [-0.1, -0.05) is 48.5 Å². The second-order valence-electron chi connectivity index (χ2n) is 10.8. The number of nitrogen functional groups attached to an aromatic ring is 2. The Labute approximate surface area is 265 Å². The highest BCUT2D eigenvalue weighted by atomic mass is 19.4. The minimum absolute atomic E-state index is 0.0881. The van der Waals surface area contributed by atoms with Crippen LogP contribution in [0.15, 0.2) is 97.1 Å². The normalized spacial score (nSPS) is 13.4. The van der Waals surface area contributed by atoms with E-state index < -0.39 is 35.6 Å². The number of ether oxygens (including phenoxy) is 2. The molecule has 0 aromatic heterocycles. The zero-order valence-corrected chi connectivity index (χ0v) is 24.5. The van der Waals surface area contributed by atoms with Gasteiger partial charge >= 0.3 is 30.1 Å². The van der Waals surface area contributed by atoms with Crippen LogP contribution in [0.3, 0.4) is 0 Å². The number of rotatable bonds is 3. The van der Waals surface area contributed by atoms with Crippen molar-refractivity contribution in [1.29, 1.82) is 0 Å². The molecule has 11 heteroatoms. The lowest BCUT2D eigenvalue weighted by molar-refractivity contribution is -0.137. The molecule has 0 saturated carbocycles. The fourth-order valence-electron chi connectivity index (χ4n) is 5.42. The Bertz CT molecular complexity index is 2060. The number of cyclic esters (lactones) is 4. The lowest BCUT2D eigenvalue weighted by atomic mass is 9.95. The van der Waals surface area contributed by atoms with Crippen LogP contribution in [0.1, 0.15) is 52.6 Å². The Morgan fingerprint density at radius 2 is 0.851 bits per heavy atom. The van der Waals surface area contributed by atoms with Crippen LogP contribution in [0.4, 0.5) is 24.5 Å². The Hall–Kier alpha value is -6.23. The zero-order valence-electron chi connectivity index (χ0n) is 24.5. The van der Waals surface area contributed by atoms with Gasteiger partial charge < -0.3 is 20.9 Å². The van der Waals surface area contributed by atoms with Crippen molar-refractivity contribution >= 4 is 35.3 Å². The molecule has 2 aliphatic rings. The van der Waals surface area contributed by atoms with Crippen LogP contribution in [0, 0.1) is 6.92 Å². The van der Waals surface area contributed by atoms with E-state index in [-0.39, 0.29) is 33.5 Å². The lowest BCUT2D eigenvalue weighted by Gasteiger charge is -2.14. The number of hydrogen-bond donors (Lipinski definition) is 2. The van der Waals surface area contributed by atoms with Gasteiger partial charge in [-0.05, 0) is 94.4 Å². The van der Waals surface area contributed by atoms with Crippen LogP contribution in [-0.4, -0.2) is 23.9 Å². The molecule has 5 aromatic rings. The van der Waals surface area contributed by atoms with Crippen LogP contribution in [0.5, 0.6) is 0 Å². The fraction of sp³-hybridized carbons (Fsp3) is 0.0556. The lowest BCUT2D eigenvalue weighted by Crippen LogP contribution is -2.08. The molecule has 5 aromatic carbocycles. The first-order valence-corrected chi connectivity index (χ1v) is 14.1. The minimum atomic E-state index is -4.46. The Morgan fingerprint density at radius 1 is 0.468 bits per heavy atom. The van der Waals surface area contributed by atoms with Gasteiger partial charge in [-0.15, -0.1) is 0 Å². The molecule has 0 radical (unpaired) electrons. The number of fused-ring (bicyclic) bond motifs is 2.